The second kappa shape index (κ2) is 6.64. The SMILES string of the molecule is Cc1nn(-c2ccc(F)cc2)c(C)c1C=Cc1nc2ccccc2c(=O)[nH]1. The zero-order valence-electron chi connectivity index (χ0n) is 14.9. The first kappa shape index (κ1) is 16.9. The van der Waals surface area contributed by atoms with E-state index in [-0.39, 0.29) is 11.4 Å². The van der Waals surface area contributed by atoms with Gasteiger partial charge in [-0.2, -0.15) is 5.10 Å². The molecule has 0 aliphatic rings. The van der Waals surface area contributed by atoms with E-state index in [4.69, 9.17) is 0 Å². The van der Waals surface area contributed by atoms with Crippen molar-refractivity contribution in [3.05, 3.63) is 87.5 Å². The molecule has 0 saturated heterocycles. The predicted octanol–water partition coefficient (Wildman–Crippen LogP) is 4.04. The van der Waals surface area contributed by atoms with E-state index < -0.39 is 0 Å². The molecular formula is C21H17FN4O. The molecule has 134 valence electrons. The highest BCUT2D eigenvalue weighted by molar-refractivity contribution is 5.79. The third-order valence-corrected chi connectivity index (χ3v) is 4.46. The van der Waals surface area contributed by atoms with Crippen LogP contribution in [-0.2, 0) is 0 Å². The topological polar surface area (TPSA) is 63.6 Å². The smallest absolute Gasteiger partial charge is 0.259 e. The number of rotatable bonds is 3. The van der Waals surface area contributed by atoms with Gasteiger partial charge in [-0.05, 0) is 62.4 Å². The van der Waals surface area contributed by atoms with Gasteiger partial charge in [0.2, 0.25) is 0 Å². The Labute approximate surface area is 154 Å². The van der Waals surface area contributed by atoms with Crippen molar-refractivity contribution in [2.24, 2.45) is 0 Å². The molecule has 0 saturated carbocycles. The summed E-state index contributed by atoms with van der Waals surface area (Å²) in [5.74, 6) is 0.193. The molecule has 1 N–H and O–H groups in total. The highest BCUT2D eigenvalue weighted by Gasteiger charge is 2.11. The van der Waals surface area contributed by atoms with Crippen LogP contribution in [0.25, 0.3) is 28.7 Å². The number of fused-ring (bicyclic) bond motifs is 1. The number of halogens is 1. The van der Waals surface area contributed by atoms with Crippen LogP contribution < -0.4 is 5.56 Å². The fraction of sp³-hybridized carbons (Fsp3) is 0.0952. The minimum absolute atomic E-state index is 0.171. The van der Waals surface area contributed by atoms with Crippen molar-refractivity contribution in [1.82, 2.24) is 19.7 Å². The van der Waals surface area contributed by atoms with Crippen LogP contribution in [0.5, 0.6) is 0 Å². The predicted molar refractivity (Wildman–Crippen MR) is 104 cm³/mol. The maximum absolute atomic E-state index is 13.2. The molecule has 6 heteroatoms. The van der Waals surface area contributed by atoms with Crippen LogP contribution in [0.4, 0.5) is 4.39 Å². The van der Waals surface area contributed by atoms with Gasteiger partial charge in [-0.1, -0.05) is 12.1 Å². The quantitative estimate of drug-likeness (QED) is 0.600. The second-order valence-electron chi connectivity index (χ2n) is 6.27. The zero-order valence-corrected chi connectivity index (χ0v) is 14.9. The minimum atomic E-state index is -0.285. The lowest BCUT2D eigenvalue weighted by Gasteiger charge is -2.04. The number of benzene rings is 2. The summed E-state index contributed by atoms with van der Waals surface area (Å²) < 4.78 is 14.9. The van der Waals surface area contributed by atoms with Crippen molar-refractivity contribution in [3.8, 4) is 5.69 Å². The Kier molecular flexibility index (Phi) is 4.16. The second-order valence-corrected chi connectivity index (χ2v) is 6.27. The van der Waals surface area contributed by atoms with E-state index in [2.05, 4.69) is 15.1 Å². The first-order chi connectivity index (χ1) is 13.0. The van der Waals surface area contributed by atoms with E-state index in [1.54, 1.807) is 29.0 Å². The molecule has 27 heavy (non-hydrogen) atoms. The zero-order chi connectivity index (χ0) is 19.0. The number of nitrogens with zero attached hydrogens (tertiary/aromatic N) is 3. The monoisotopic (exact) mass is 360 g/mol. The van der Waals surface area contributed by atoms with Gasteiger partial charge in [0.05, 0.1) is 22.3 Å². The van der Waals surface area contributed by atoms with Gasteiger partial charge in [0.1, 0.15) is 11.6 Å². The number of hydrogen-bond donors (Lipinski definition) is 1. The van der Waals surface area contributed by atoms with E-state index in [1.165, 1.54) is 12.1 Å². The van der Waals surface area contributed by atoms with Crippen LogP contribution in [-0.4, -0.2) is 19.7 Å². The third kappa shape index (κ3) is 3.17. The van der Waals surface area contributed by atoms with Crippen molar-refractivity contribution in [3.63, 3.8) is 0 Å². The van der Waals surface area contributed by atoms with Gasteiger partial charge >= 0.3 is 0 Å². The minimum Gasteiger partial charge on any atom is -0.306 e. The van der Waals surface area contributed by atoms with E-state index in [1.807, 2.05) is 38.1 Å². The lowest BCUT2D eigenvalue weighted by molar-refractivity contribution is 0.627. The van der Waals surface area contributed by atoms with Gasteiger partial charge in [0.15, 0.2) is 0 Å². The van der Waals surface area contributed by atoms with Crippen LogP contribution in [0.3, 0.4) is 0 Å². The van der Waals surface area contributed by atoms with Gasteiger partial charge < -0.3 is 4.98 Å². The summed E-state index contributed by atoms with van der Waals surface area (Å²) in [5, 5.41) is 5.10. The first-order valence-electron chi connectivity index (χ1n) is 8.52. The molecule has 0 radical (unpaired) electrons. The Hall–Kier alpha value is -3.54. The van der Waals surface area contributed by atoms with Gasteiger partial charge in [-0.25, -0.2) is 14.1 Å². The molecule has 2 heterocycles. The van der Waals surface area contributed by atoms with E-state index in [9.17, 15) is 9.18 Å². The Balaban J connectivity index is 1.73. The summed E-state index contributed by atoms with van der Waals surface area (Å²) in [7, 11) is 0. The van der Waals surface area contributed by atoms with Crippen LogP contribution in [0.2, 0.25) is 0 Å². The molecule has 0 spiro atoms. The van der Waals surface area contributed by atoms with Crippen molar-refractivity contribution in [2.75, 3.05) is 0 Å². The number of aryl methyl sites for hydroxylation is 1. The van der Waals surface area contributed by atoms with E-state index in [0.717, 1.165) is 22.6 Å². The molecule has 4 rings (SSSR count). The molecule has 2 aromatic heterocycles. The summed E-state index contributed by atoms with van der Waals surface area (Å²) in [6.07, 6.45) is 3.64. The van der Waals surface area contributed by atoms with Gasteiger partial charge in [-0.3, -0.25) is 4.79 Å². The molecule has 0 aliphatic heterocycles. The molecule has 0 unspecified atom stereocenters. The molecule has 0 aliphatic carbocycles. The average Bonchev–Trinajstić information content (AvgIpc) is 2.95. The average molecular weight is 360 g/mol. The molecule has 0 atom stereocenters. The van der Waals surface area contributed by atoms with Crippen LogP contribution in [0.15, 0.2) is 53.3 Å². The first-order valence-corrected chi connectivity index (χ1v) is 8.52. The van der Waals surface area contributed by atoms with Gasteiger partial charge in [-0.15, -0.1) is 0 Å². The largest absolute Gasteiger partial charge is 0.306 e. The van der Waals surface area contributed by atoms with Crippen molar-refractivity contribution in [2.45, 2.75) is 13.8 Å². The normalized spacial score (nSPS) is 11.5. The Morgan fingerprint density at radius 1 is 1.04 bits per heavy atom. The van der Waals surface area contributed by atoms with E-state index in [0.29, 0.717) is 16.7 Å². The lowest BCUT2D eigenvalue weighted by atomic mass is 10.1. The van der Waals surface area contributed by atoms with Crippen LogP contribution >= 0.6 is 0 Å². The molecule has 2 aromatic carbocycles. The maximum atomic E-state index is 13.2. The summed E-state index contributed by atoms with van der Waals surface area (Å²) in [6, 6.07) is 13.4. The molecule has 0 amide bonds. The highest BCUT2D eigenvalue weighted by Crippen LogP contribution is 2.20. The fourth-order valence-corrected chi connectivity index (χ4v) is 3.08. The van der Waals surface area contributed by atoms with Gasteiger partial charge in [0.25, 0.3) is 5.56 Å². The number of nitrogens with one attached hydrogen (secondary N) is 1. The van der Waals surface area contributed by atoms with Crippen LogP contribution in [0.1, 0.15) is 22.8 Å². The maximum Gasteiger partial charge on any atom is 0.259 e. The summed E-state index contributed by atoms with van der Waals surface area (Å²) in [4.78, 5) is 19.4. The number of para-hydroxylation sites is 1. The molecule has 4 aromatic rings. The third-order valence-electron chi connectivity index (χ3n) is 4.46. The van der Waals surface area contributed by atoms with Crippen molar-refractivity contribution in [1.29, 1.82) is 0 Å². The molecule has 5 nitrogen and oxygen atoms in total. The Morgan fingerprint density at radius 2 is 1.78 bits per heavy atom. The van der Waals surface area contributed by atoms with Gasteiger partial charge in [0, 0.05) is 11.3 Å². The van der Waals surface area contributed by atoms with Crippen molar-refractivity contribution >= 4 is 23.1 Å². The summed E-state index contributed by atoms with van der Waals surface area (Å²) in [6.45, 7) is 3.85. The number of aromatic amines is 1. The molecule has 0 bridgehead atoms. The Bertz CT molecular complexity index is 1220. The molecule has 0 fully saturated rings. The van der Waals surface area contributed by atoms with Crippen molar-refractivity contribution < 1.29 is 4.39 Å². The Morgan fingerprint density at radius 3 is 2.56 bits per heavy atom. The number of aromatic nitrogens is 4. The van der Waals surface area contributed by atoms with E-state index >= 15 is 0 Å². The highest BCUT2D eigenvalue weighted by atomic mass is 19.1. The standard InChI is InChI=1S/C21H17FN4O/c1-13-17(14(2)26(25-13)16-9-7-15(22)8-10-16)11-12-20-23-19-6-4-3-5-18(19)21(27)24-20/h3-12H,1-2H3,(H,23,24,27). The summed E-state index contributed by atoms with van der Waals surface area (Å²) >= 11 is 0. The van der Waals surface area contributed by atoms with Crippen LogP contribution in [0, 0.1) is 19.7 Å². The number of hydrogen-bond acceptors (Lipinski definition) is 3. The lowest BCUT2D eigenvalue weighted by Crippen LogP contribution is -2.09. The fourth-order valence-electron chi connectivity index (χ4n) is 3.08. The molecular weight excluding hydrogens is 343 g/mol. The summed E-state index contributed by atoms with van der Waals surface area (Å²) in [5.41, 5.74) is 3.94. The number of H-pyrrole nitrogens is 1.